The lowest BCUT2D eigenvalue weighted by Gasteiger charge is -2.05. The first-order valence-corrected chi connectivity index (χ1v) is 7.38. The van der Waals surface area contributed by atoms with Gasteiger partial charge in [0.25, 0.3) is 0 Å². The second-order valence-electron chi connectivity index (χ2n) is 4.13. The topological polar surface area (TPSA) is 22.1 Å². The monoisotopic (exact) mass is 281 g/mol. The van der Waals surface area contributed by atoms with E-state index in [0.29, 0.717) is 5.88 Å². The number of ether oxygens (including phenoxy) is 1. The number of thiazole rings is 1. The van der Waals surface area contributed by atoms with E-state index in [2.05, 4.69) is 24.0 Å². The van der Waals surface area contributed by atoms with Crippen LogP contribution in [0.25, 0.3) is 0 Å². The molecule has 0 aliphatic carbocycles. The van der Waals surface area contributed by atoms with E-state index >= 15 is 0 Å². The molecule has 0 atom stereocenters. The quantitative estimate of drug-likeness (QED) is 0.585. The van der Waals surface area contributed by atoms with Crippen LogP contribution >= 0.6 is 22.9 Å². The Morgan fingerprint density at radius 1 is 1.39 bits per heavy atom. The van der Waals surface area contributed by atoms with E-state index < -0.39 is 0 Å². The minimum atomic E-state index is 0.496. The molecule has 0 fully saturated rings. The number of nitrogens with zero attached hydrogens (tertiary/aromatic N) is 1. The van der Waals surface area contributed by atoms with Gasteiger partial charge in [0.1, 0.15) is 5.75 Å². The number of halogens is 1. The first kappa shape index (κ1) is 13.4. The van der Waals surface area contributed by atoms with Gasteiger partial charge in [0, 0.05) is 11.8 Å². The molecule has 1 heterocycles. The van der Waals surface area contributed by atoms with Crippen molar-refractivity contribution in [3.8, 4) is 5.75 Å². The minimum absolute atomic E-state index is 0.496. The Morgan fingerprint density at radius 3 is 3.00 bits per heavy atom. The standard InChI is InChI=1S/C14H16ClNOS/c1-11-4-2-5-13(8-11)17-7-3-6-14-16-12(9-15)10-18-14/h2,4-5,8,10H,3,6-7,9H2,1H3. The molecule has 0 saturated heterocycles. The van der Waals surface area contributed by atoms with Crippen LogP contribution in [0.3, 0.4) is 0 Å². The van der Waals surface area contributed by atoms with E-state index in [9.17, 15) is 0 Å². The van der Waals surface area contributed by atoms with Crippen LogP contribution in [0.15, 0.2) is 29.6 Å². The minimum Gasteiger partial charge on any atom is -0.494 e. The Balaban J connectivity index is 1.72. The summed E-state index contributed by atoms with van der Waals surface area (Å²) in [5.41, 5.74) is 2.19. The fraction of sp³-hybridized carbons (Fsp3) is 0.357. The Morgan fingerprint density at radius 2 is 2.28 bits per heavy atom. The van der Waals surface area contributed by atoms with Crippen LogP contribution < -0.4 is 4.74 Å². The molecule has 2 nitrogen and oxygen atoms in total. The second-order valence-corrected chi connectivity index (χ2v) is 5.34. The molecular weight excluding hydrogens is 266 g/mol. The highest BCUT2D eigenvalue weighted by Gasteiger charge is 2.01. The van der Waals surface area contributed by atoms with Crippen LogP contribution in [-0.4, -0.2) is 11.6 Å². The number of aromatic nitrogens is 1. The molecule has 0 aliphatic heterocycles. The van der Waals surface area contributed by atoms with Crippen molar-refractivity contribution < 1.29 is 4.74 Å². The van der Waals surface area contributed by atoms with Gasteiger partial charge < -0.3 is 4.74 Å². The summed E-state index contributed by atoms with van der Waals surface area (Å²) in [6.45, 7) is 2.79. The Labute approximate surface area is 117 Å². The third kappa shape index (κ3) is 4.00. The van der Waals surface area contributed by atoms with Gasteiger partial charge in [-0.05, 0) is 31.0 Å². The van der Waals surface area contributed by atoms with Gasteiger partial charge in [0.05, 0.1) is 23.2 Å². The molecule has 18 heavy (non-hydrogen) atoms. The zero-order chi connectivity index (χ0) is 12.8. The maximum atomic E-state index is 5.72. The second kappa shape index (κ2) is 6.76. The molecule has 0 N–H and O–H groups in total. The highest BCUT2D eigenvalue weighted by molar-refractivity contribution is 7.09. The number of hydrogen-bond acceptors (Lipinski definition) is 3. The van der Waals surface area contributed by atoms with Gasteiger partial charge in [0.2, 0.25) is 0 Å². The molecule has 2 rings (SSSR count). The lowest BCUT2D eigenvalue weighted by atomic mass is 10.2. The smallest absolute Gasteiger partial charge is 0.119 e. The van der Waals surface area contributed by atoms with E-state index in [0.717, 1.165) is 35.9 Å². The summed E-state index contributed by atoms with van der Waals surface area (Å²) >= 11 is 7.39. The van der Waals surface area contributed by atoms with Crippen LogP contribution in [0.4, 0.5) is 0 Å². The summed E-state index contributed by atoms with van der Waals surface area (Å²) in [4.78, 5) is 4.42. The SMILES string of the molecule is Cc1cccc(OCCCc2nc(CCl)cs2)c1. The van der Waals surface area contributed by atoms with Gasteiger partial charge in [-0.3, -0.25) is 0 Å². The molecule has 0 amide bonds. The summed E-state index contributed by atoms with van der Waals surface area (Å²) in [6.07, 6.45) is 1.93. The highest BCUT2D eigenvalue weighted by Crippen LogP contribution is 2.15. The van der Waals surface area contributed by atoms with Gasteiger partial charge >= 0.3 is 0 Å². The molecule has 0 unspecified atom stereocenters. The molecule has 1 aromatic carbocycles. The maximum Gasteiger partial charge on any atom is 0.119 e. The van der Waals surface area contributed by atoms with Crippen LogP contribution in [-0.2, 0) is 12.3 Å². The van der Waals surface area contributed by atoms with Crippen LogP contribution in [0, 0.1) is 6.92 Å². The molecule has 96 valence electrons. The Kier molecular flexibility index (Phi) is 5.02. The zero-order valence-corrected chi connectivity index (χ0v) is 11.9. The van der Waals surface area contributed by atoms with Gasteiger partial charge in [-0.15, -0.1) is 22.9 Å². The number of benzene rings is 1. The number of alkyl halides is 1. The van der Waals surface area contributed by atoms with E-state index in [1.165, 1.54) is 5.56 Å². The normalized spacial score (nSPS) is 10.6. The third-order valence-corrected chi connectivity index (χ3v) is 3.76. The van der Waals surface area contributed by atoms with Gasteiger partial charge in [0.15, 0.2) is 0 Å². The highest BCUT2D eigenvalue weighted by atomic mass is 35.5. The van der Waals surface area contributed by atoms with E-state index in [-0.39, 0.29) is 0 Å². The average Bonchev–Trinajstić information content (AvgIpc) is 2.83. The predicted octanol–water partition coefficient (Wildman–Crippen LogP) is 4.20. The van der Waals surface area contributed by atoms with Gasteiger partial charge in [-0.1, -0.05) is 12.1 Å². The zero-order valence-electron chi connectivity index (χ0n) is 10.4. The summed E-state index contributed by atoms with van der Waals surface area (Å²) in [7, 11) is 0. The van der Waals surface area contributed by atoms with Gasteiger partial charge in [-0.2, -0.15) is 0 Å². The van der Waals surface area contributed by atoms with Crippen LogP contribution in [0.2, 0.25) is 0 Å². The van der Waals surface area contributed by atoms with E-state index in [4.69, 9.17) is 16.3 Å². The van der Waals surface area contributed by atoms with Gasteiger partial charge in [-0.25, -0.2) is 4.98 Å². The third-order valence-electron chi connectivity index (χ3n) is 2.53. The molecule has 0 spiro atoms. The average molecular weight is 282 g/mol. The summed E-state index contributed by atoms with van der Waals surface area (Å²) in [6, 6.07) is 8.12. The van der Waals surface area contributed by atoms with Crippen molar-refractivity contribution in [1.29, 1.82) is 0 Å². The van der Waals surface area contributed by atoms with Crippen LogP contribution in [0.1, 0.15) is 22.7 Å². The van der Waals surface area contributed by atoms with Crippen molar-refractivity contribution in [2.75, 3.05) is 6.61 Å². The first-order chi connectivity index (χ1) is 8.78. The summed E-state index contributed by atoms with van der Waals surface area (Å²) in [5.74, 6) is 1.44. The van der Waals surface area contributed by atoms with Crippen molar-refractivity contribution in [1.82, 2.24) is 4.98 Å². The van der Waals surface area contributed by atoms with Crippen molar-refractivity contribution in [2.24, 2.45) is 0 Å². The Hall–Kier alpha value is -1.06. The number of hydrogen-bond donors (Lipinski definition) is 0. The summed E-state index contributed by atoms with van der Waals surface area (Å²) < 4.78 is 5.69. The van der Waals surface area contributed by atoms with Crippen LogP contribution in [0.5, 0.6) is 5.75 Å². The van der Waals surface area contributed by atoms with Crippen molar-refractivity contribution in [2.45, 2.75) is 25.6 Å². The molecule has 4 heteroatoms. The lowest BCUT2D eigenvalue weighted by Crippen LogP contribution is -1.99. The Bertz CT molecular complexity index is 498. The predicted molar refractivity (Wildman–Crippen MR) is 76.7 cm³/mol. The van der Waals surface area contributed by atoms with E-state index in [1.54, 1.807) is 11.3 Å². The number of aryl methyl sites for hydroxylation is 2. The molecule has 0 saturated carbocycles. The van der Waals surface area contributed by atoms with Crippen molar-refractivity contribution in [3.05, 3.63) is 45.9 Å². The summed E-state index contributed by atoms with van der Waals surface area (Å²) in [5, 5.41) is 3.16. The number of rotatable bonds is 6. The van der Waals surface area contributed by atoms with E-state index in [1.807, 2.05) is 17.5 Å². The molecule has 2 aromatic rings. The van der Waals surface area contributed by atoms with Crippen molar-refractivity contribution >= 4 is 22.9 Å². The fourth-order valence-corrected chi connectivity index (χ4v) is 2.71. The molecule has 0 aliphatic rings. The molecular formula is C14H16ClNOS. The molecule has 1 aromatic heterocycles. The van der Waals surface area contributed by atoms with Crippen molar-refractivity contribution in [3.63, 3.8) is 0 Å². The molecule has 0 bridgehead atoms. The molecule has 0 radical (unpaired) electrons. The lowest BCUT2D eigenvalue weighted by molar-refractivity contribution is 0.311. The largest absolute Gasteiger partial charge is 0.494 e. The fourth-order valence-electron chi connectivity index (χ4n) is 1.64. The maximum absolute atomic E-state index is 5.72. The first-order valence-electron chi connectivity index (χ1n) is 5.96.